The molecule has 1 aromatic rings. The van der Waals surface area contributed by atoms with Crippen molar-refractivity contribution in [1.29, 1.82) is 0 Å². The van der Waals surface area contributed by atoms with Gasteiger partial charge in [0.15, 0.2) is 0 Å². The van der Waals surface area contributed by atoms with Gasteiger partial charge in [0.05, 0.1) is 13.3 Å². The second-order valence-corrected chi connectivity index (χ2v) is 3.60. The number of rotatable bonds is 6. The van der Waals surface area contributed by atoms with Crippen LogP contribution in [0.1, 0.15) is 23.8 Å². The van der Waals surface area contributed by atoms with Gasteiger partial charge in [0, 0.05) is 11.9 Å². The summed E-state index contributed by atoms with van der Waals surface area (Å²) in [4.78, 5) is 19.6. The molecule has 0 saturated carbocycles. The highest BCUT2D eigenvalue weighted by Crippen LogP contribution is 2.08. The third kappa shape index (κ3) is 4.75. The molecule has 1 amide bonds. The summed E-state index contributed by atoms with van der Waals surface area (Å²) in [5, 5.41) is 2.75. The Hall–Kier alpha value is -2.43. The molecule has 0 atom stereocenters. The number of carbonyl (C=O) groups is 1. The number of hydrogen-bond acceptors (Lipinski definition) is 4. The van der Waals surface area contributed by atoms with Crippen LogP contribution in [-0.2, 0) is 0 Å². The second-order valence-electron chi connectivity index (χ2n) is 3.60. The molecule has 0 unspecified atom stereocenters. The molecule has 5 heteroatoms. The molecule has 5 nitrogen and oxygen atoms in total. The van der Waals surface area contributed by atoms with Crippen LogP contribution < -0.4 is 10.1 Å². The lowest BCUT2D eigenvalue weighted by atomic mass is 10.3. The quantitative estimate of drug-likeness (QED) is 0.630. The number of aliphatic imine (C=N–C) groups is 1. The number of nitrogens with zero attached hydrogens (tertiary/aromatic N) is 2. The van der Waals surface area contributed by atoms with Gasteiger partial charge in [-0.15, -0.1) is 0 Å². The summed E-state index contributed by atoms with van der Waals surface area (Å²) < 4.78 is 4.99. The van der Waals surface area contributed by atoms with E-state index in [-0.39, 0.29) is 5.91 Å². The van der Waals surface area contributed by atoms with E-state index in [1.165, 1.54) is 12.4 Å². The molecule has 1 N–H and O–H groups in total. The van der Waals surface area contributed by atoms with Crippen LogP contribution in [0.3, 0.4) is 0 Å². The predicted molar refractivity (Wildman–Crippen MR) is 75.3 cm³/mol. The number of aromatic nitrogens is 1. The van der Waals surface area contributed by atoms with E-state index in [2.05, 4.69) is 22.0 Å². The first-order valence-corrected chi connectivity index (χ1v) is 5.85. The van der Waals surface area contributed by atoms with Gasteiger partial charge in [-0.2, -0.15) is 0 Å². The van der Waals surface area contributed by atoms with Gasteiger partial charge >= 0.3 is 0 Å². The molecule has 0 fully saturated rings. The van der Waals surface area contributed by atoms with Crippen LogP contribution in [0.25, 0.3) is 0 Å². The molecule has 19 heavy (non-hydrogen) atoms. The fourth-order valence-electron chi connectivity index (χ4n) is 1.34. The van der Waals surface area contributed by atoms with Crippen LogP contribution in [-0.4, -0.2) is 24.7 Å². The maximum absolute atomic E-state index is 12.0. The molecule has 1 rings (SSSR count). The number of ether oxygens (including phenoxy) is 1. The fourth-order valence-corrected chi connectivity index (χ4v) is 1.34. The molecular formula is C14H17N3O2. The largest absolute Gasteiger partial charge is 0.495 e. The number of nitrogens with one attached hydrogen (secondary N) is 1. The smallest absolute Gasteiger partial charge is 0.274 e. The van der Waals surface area contributed by atoms with Crippen molar-refractivity contribution >= 4 is 12.6 Å². The van der Waals surface area contributed by atoms with E-state index in [1.54, 1.807) is 25.3 Å². The van der Waals surface area contributed by atoms with Crippen molar-refractivity contribution in [3.63, 3.8) is 0 Å². The molecule has 0 aliphatic carbocycles. The average molecular weight is 259 g/mol. The molecule has 0 aliphatic rings. The minimum Gasteiger partial charge on any atom is -0.495 e. The molecule has 1 heterocycles. The van der Waals surface area contributed by atoms with Crippen molar-refractivity contribution in [3.8, 4) is 5.75 Å². The summed E-state index contributed by atoms with van der Waals surface area (Å²) in [5.74, 6) is 0.327. The van der Waals surface area contributed by atoms with Crippen LogP contribution in [0.5, 0.6) is 5.75 Å². The fraction of sp³-hybridized carbons (Fsp3) is 0.214. The minimum absolute atomic E-state index is 0.281. The lowest BCUT2D eigenvalue weighted by Gasteiger charge is -2.06. The summed E-state index contributed by atoms with van der Waals surface area (Å²) in [7, 11) is 1.55. The van der Waals surface area contributed by atoms with Gasteiger partial charge < -0.3 is 10.1 Å². The van der Waals surface area contributed by atoms with Crippen molar-refractivity contribution in [3.05, 3.63) is 48.1 Å². The highest BCUT2D eigenvalue weighted by molar-refractivity contribution is 5.93. The summed E-state index contributed by atoms with van der Waals surface area (Å²) >= 11 is 0. The molecule has 0 bridgehead atoms. The molecule has 0 aromatic carbocycles. The van der Waals surface area contributed by atoms with Crippen LogP contribution in [0, 0.1) is 0 Å². The van der Waals surface area contributed by atoms with E-state index in [9.17, 15) is 4.79 Å². The predicted octanol–water partition coefficient (Wildman–Crippen LogP) is 2.33. The monoisotopic (exact) mass is 259 g/mol. The Balaban J connectivity index is 2.78. The first kappa shape index (κ1) is 14.6. The summed E-state index contributed by atoms with van der Waals surface area (Å²) in [6, 6.07) is 3.29. The first-order chi connectivity index (χ1) is 9.21. The molecule has 100 valence electrons. The van der Waals surface area contributed by atoms with Gasteiger partial charge in [0.25, 0.3) is 5.91 Å². The van der Waals surface area contributed by atoms with E-state index < -0.39 is 0 Å². The zero-order chi connectivity index (χ0) is 14.1. The number of carbonyl (C=O) groups excluding carboxylic acids is 1. The molecule has 1 aromatic heterocycles. The zero-order valence-electron chi connectivity index (χ0n) is 11.1. The standard InChI is InChI=1S/C14H17N3O2/c1-4-5-11(8-9-15-2)17-14(18)13-7-6-12(19-3)10-16-13/h5-10H,2,4H2,1,3H3,(H,17,18)/b9-8-,11-5+. The Morgan fingerprint density at radius 3 is 2.89 bits per heavy atom. The summed E-state index contributed by atoms with van der Waals surface area (Å²) in [5.41, 5.74) is 0.986. The van der Waals surface area contributed by atoms with Crippen molar-refractivity contribution in [2.75, 3.05) is 7.11 Å². The third-order valence-electron chi connectivity index (χ3n) is 2.25. The number of hydrogen-bond donors (Lipinski definition) is 1. The maximum atomic E-state index is 12.0. The molecule has 0 aliphatic heterocycles. The number of methoxy groups -OCH3 is 1. The van der Waals surface area contributed by atoms with Gasteiger partial charge in [-0.3, -0.25) is 9.79 Å². The van der Waals surface area contributed by atoms with Crippen molar-refractivity contribution in [2.24, 2.45) is 4.99 Å². The lowest BCUT2D eigenvalue weighted by Crippen LogP contribution is -2.22. The Kier molecular flexibility index (Phi) is 6.02. The van der Waals surface area contributed by atoms with Crippen molar-refractivity contribution in [2.45, 2.75) is 13.3 Å². The summed E-state index contributed by atoms with van der Waals surface area (Å²) in [6.07, 6.45) is 7.37. The van der Waals surface area contributed by atoms with E-state index in [1.807, 2.05) is 13.0 Å². The van der Waals surface area contributed by atoms with Crippen molar-refractivity contribution in [1.82, 2.24) is 10.3 Å². The van der Waals surface area contributed by atoms with Crippen LogP contribution in [0.4, 0.5) is 0 Å². The van der Waals surface area contributed by atoms with E-state index in [0.29, 0.717) is 17.1 Å². The van der Waals surface area contributed by atoms with Gasteiger partial charge in [0.2, 0.25) is 0 Å². The number of pyridine rings is 1. The highest BCUT2D eigenvalue weighted by atomic mass is 16.5. The van der Waals surface area contributed by atoms with Crippen LogP contribution in [0.15, 0.2) is 47.4 Å². The lowest BCUT2D eigenvalue weighted by molar-refractivity contribution is 0.0962. The maximum Gasteiger partial charge on any atom is 0.274 e. The SMILES string of the molecule is C=N/C=C\C(=C/CC)NC(=O)c1ccc(OC)cn1. The van der Waals surface area contributed by atoms with Gasteiger partial charge in [-0.1, -0.05) is 13.0 Å². The third-order valence-corrected chi connectivity index (χ3v) is 2.25. The van der Waals surface area contributed by atoms with Gasteiger partial charge in [0.1, 0.15) is 11.4 Å². The minimum atomic E-state index is -0.281. The van der Waals surface area contributed by atoms with Crippen molar-refractivity contribution < 1.29 is 9.53 Å². The highest BCUT2D eigenvalue weighted by Gasteiger charge is 2.07. The molecule has 0 spiro atoms. The van der Waals surface area contributed by atoms with E-state index >= 15 is 0 Å². The van der Waals surface area contributed by atoms with Gasteiger partial charge in [-0.05, 0) is 31.3 Å². The molecule has 0 radical (unpaired) electrons. The van der Waals surface area contributed by atoms with E-state index in [0.717, 1.165) is 6.42 Å². The normalized spacial score (nSPS) is 11.4. The first-order valence-electron chi connectivity index (χ1n) is 5.85. The van der Waals surface area contributed by atoms with E-state index in [4.69, 9.17) is 4.74 Å². The Morgan fingerprint density at radius 1 is 1.58 bits per heavy atom. The van der Waals surface area contributed by atoms with Crippen LogP contribution in [0.2, 0.25) is 0 Å². The van der Waals surface area contributed by atoms with Crippen LogP contribution >= 0.6 is 0 Å². The Labute approximate surface area is 112 Å². The molecule has 0 saturated heterocycles. The number of allylic oxidation sites excluding steroid dienone is 2. The Morgan fingerprint density at radius 2 is 2.37 bits per heavy atom. The molecular weight excluding hydrogens is 242 g/mol. The summed E-state index contributed by atoms with van der Waals surface area (Å²) in [6.45, 7) is 5.33. The topological polar surface area (TPSA) is 63.6 Å². The zero-order valence-corrected chi connectivity index (χ0v) is 11.1. The number of amides is 1. The second kappa shape index (κ2) is 7.81. The Bertz CT molecular complexity index is 490. The van der Waals surface area contributed by atoms with Gasteiger partial charge in [-0.25, -0.2) is 4.98 Å². The average Bonchev–Trinajstić information content (AvgIpc) is 2.45.